The summed E-state index contributed by atoms with van der Waals surface area (Å²) < 4.78 is 7.86. The van der Waals surface area contributed by atoms with Crippen molar-refractivity contribution in [2.24, 2.45) is 23.4 Å². The van der Waals surface area contributed by atoms with Crippen LogP contribution in [0.5, 0.6) is 0 Å². The van der Waals surface area contributed by atoms with Gasteiger partial charge in [0.05, 0.1) is 12.3 Å². The molecule has 0 bridgehead atoms. The summed E-state index contributed by atoms with van der Waals surface area (Å²) in [5.41, 5.74) is 1.34. The van der Waals surface area contributed by atoms with Gasteiger partial charge in [-0.2, -0.15) is 5.10 Å². The van der Waals surface area contributed by atoms with Crippen LogP contribution in [0.1, 0.15) is 39.2 Å². The molecular formula is C18H31N5O. The lowest BCUT2D eigenvalue weighted by molar-refractivity contribution is -0.188. The summed E-state index contributed by atoms with van der Waals surface area (Å²) >= 11 is 0. The number of aryl methyl sites for hydroxylation is 1. The number of nitrogens with one attached hydrogen (secondary N) is 1. The number of hydrogen-bond acceptors (Lipinski definition) is 3. The number of nitrogens with zero attached hydrogens (tertiary/aromatic N) is 4. The van der Waals surface area contributed by atoms with E-state index in [1.54, 1.807) is 0 Å². The number of aromatic nitrogens is 2. The lowest BCUT2D eigenvalue weighted by Gasteiger charge is -2.60. The summed E-state index contributed by atoms with van der Waals surface area (Å²) in [6.45, 7) is 9.19. The van der Waals surface area contributed by atoms with Crippen LogP contribution < -0.4 is 5.32 Å². The molecule has 134 valence electrons. The molecule has 1 aromatic heterocycles. The Kier molecular flexibility index (Phi) is 4.85. The Morgan fingerprint density at radius 1 is 1.54 bits per heavy atom. The quantitative estimate of drug-likeness (QED) is 0.676. The van der Waals surface area contributed by atoms with Crippen molar-refractivity contribution < 1.29 is 4.74 Å². The van der Waals surface area contributed by atoms with Gasteiger partial charge in [0, 0.05) is 62.9 Å². The highest BCUT2D eigenvalue weighted by atomic mass is 16.5. The van der Waals surface area contributed by atoms with Crippen LogP contribution in [0.2, 0.25) is 0 Å². The van der Waals surface area contributed by atoms with Crippen LogP contribution >= 0.6 is 0 Å². The van der Waals surface area contributed by atoms with Gasteiger partial charge in [-0.3, -0.25) is 9.67 Å². The molecule has 1 saturated carbocycles. The van der Waals surface area contributed by atoms with E-state index in [9.17, 15) is 0 Å². The summed E-state index contributed by atoms with van der Waals surface area (Å²) in [7, 11) is 4.04. The van der Waals surface area contributed by atoms with E-state index in [1.807, 2.05) is 17.9 Å². The first-order chi connectivity index (χ1) is 11.4. The summed E-state index contributed by atoms with van der Waals surface area (Å²) in [5, 5.41) is 7.99. The maximum absolute atomic E-state index is 6.02. The third-order valence-electron chi connectivity index (χ3n) is 5.46. The molecule has 6 heteroatoms. The molecule has 1 aliphatic carbocycles. The number of rotatable bonds is 4. The van der Waals surface area contributed by atoms with E-state index in [-0.39, 0.29) is 5.41 Å². The minimum absolute atomic E-state index is 0.148. The van der Waals surface area contributed by atoms with Crippen LogP contribution in [-0.2, 0) is 18.3 Å². The Morgan fingerprint density at radius 3 is 3.00 bits per heavy atom. The summed E-state index contributed by atoms with van der Waals surface area (Å²) in [4.78, 5) is 6.90. The van der Waals surface area contributed by atoms with Crippen molar-refractivity contribution in [1.82, 2.24) is 20.0 Å². The maximum Gasteiger partial charge on any atom is 0.194 e. The lowest BCUT2D eigenvalue weighted by Crippen LogP contribution is -2.71. The molecule has 2 heterocycles. The van der Waals surface area contributed by atoms with Crippen molar-refractivity contribution in [3.63, 3.8) is 0 Å². The van der Waals surface area contributed by atoms with E-state index < -0.39 is 0 Å². The molecule has 3 unspecified atom stereocenters. The molecule has 3 rings (SSSR count). The fraction of sp³-hybridized carbons (Fsp3) is 0.778. The monoisotopic (exact) mass is 333 g/mol. The number of hydrogen-bond donors (Lipinski definition) is 1. The van der Waals surface area contributed by atoms with E-state index in [4.69, 9.17) is 9.73 Å². The van der Waals surface area contributed by atoms with Gasteiger partial charge in [0.2, 0.25) is 0 Å². The van der Waals surface area contributed by atoms with E-state index in [2.05, 4.69) is 49.3 Å². The van der Waals surface area contributed by atoms with Crippen molar-refractivity contribution in [3.8, 4) is 0 Å². The smallest absolute Gasteiger partial charge is 0.194 e. The highest BCUT2D eigenvalue weighted by Crippen LogP contribution is 2.51. The van der Waals surface area contributed by atoms with Gasteiger partial charge in [-0.1, -0.05) is 13.8 Å². The highest BCUT2D eigenvalue weighted by molar-refractivity contribution is 5.80. The molecule has 1 aromatic rings. The van der Waals surface area contributed by atoms with E-state index in [1.165, 1.54) is 18.4 Å². The number of aliphatic imine (C=N–C) groups is 1. The molecule has 0 aromatic carbocycles. The minimum Gasteiger partial charge on any atom is -0.377 e. The topological polar surface area (TPSA) is 54.7 Å². The molecule has 0 amide bonds. The predicted octanol–water partition coefficient (Wildman–Crippen LogP) is 2.02. The molecule has 3 atom stereocenters. The van der Waals surface area contributed by atoms with Crippen LogP contribution in [0.25, 0.3) is 0 Å². The Labute approximate surface area is 145 Å². The van der Waals surface area contributed by atoms with Gasteiger partial charge < -0.3 is 15.0 Å². The zero-order valence-electron chi connectivity index (χ0n) is 15.6. The number of guanidine groups is 1. The second-order valence-corrected chi connectivity index (χ2v) is 7.72. The van der Waals surface area contributed by atoms with Gasteiger partial charge in [0.1, 0.15) is 0 Å². The van der Waals surface area contributed by atoms with Gasteiger partial charge in [0.15, 0.2) is 5.96 Å². The number of fused-ring (bicyclic) bond motifs is 1. The van der Waals surface area contributed by atoms with Crippen molar-refractivity contribution in [2.45, 2.75) is 52.3 Å². The first-order valence-corrected chi connectivity index (χ1v) is 9.04. The molecule has 24 heavy (non-hydrogen) atoms. The summed E-state index contributed by atoms with van der Waals surface area (Å²) in [6, 6.07) is 0.421. The van der Waals surface area contributed by atoms with E-state index in [0.717, 1.165) is 25.7 Å². The second kappa shape index (κ2) is 6.75. The van der Waals surface area contributed by atoms with Crippen LogP contribution in [0, 0.1) is 11.3 Å². The van der Waals surface area contributed by atoms with Crippen LogP contribution in [-0.4, -0.2) is 53.0 Å². The van der Waals surface area contributed by atoms with Crippen molar-refractivity contribution in [3.05, 3.63) is 18.0 Å². The van der Waals surface area contributed by atoms with Crippen molar-refractivity contribution >= 4 is 5.96 Å². The molecule has 1 N–H and O–H groups in total. The second-order valence-electron chi connectivity index (χ2n) is 7.72. The zero-order chi connectivity index (χ0) is 17.3. The fourth-order valence-electron chi connectivity index (χ4n) is 4.28. The first-order valence-electron chi connectivity index (χ1n) is 9.04. The van der Waals surface area contributed by atoms with Crippen LogP contribution in [0.3, 0.4) is 0 Å². The maximum atomic E-state index is 6.02. The lowest BCUT2D eigenvalue weighted by atomic mass is 9.55. The van der Waals surface area contributed by atoms with Gasteiger partial charge in [0.25, 0.3) is 0 Å². The Bertz CT molecular complexity index is 594. The van der Waals surface area contributed by atoms with E-state index >= 15 is 0 Å². The molecule has 2 fully saturated rings. The SMILES string of the molecule is CCN=C(NC1C2CCCOC2C1(C)C)N(C)Cc1cnn(C)c1. The average molecular weight is 333 g/mol. The third-order valence-corrected chi connectivity index (χ3v) is 5.46. The van der Waals surface area contributed by atoms with Gasteiger partial charge in [-0.05, 0) is 19.8 Å². The predicted molar refractivity (Wildman–Crippen MR) is 95.8 cm³/mol. The summed E-state index contributed by atoms with van der Waals surface area (Å²) in [5.74, 6) is 1.58. The normalized spacial score (nSPS) is 28.9. The van der Waals surface area contributed by atoms with Gasteiger partial charge >= 0.3 is 0 Å². The van der Waals surface area contributed by atoms with Crippen LogP contribution in [0.4, 0.5) is 0 Å². The van der Waals surface area contributed by atoms with Crippen LogP contribution in [0.15, 0.2) is 17.4 Å². The highest BCUT2D eigenvalue weighted by Gasteiger charge is 2.58. The summed E-state index contributed by atoms with van der Waals surface area (Å²) in [6.07, 6.45) is 6.77. The molecule has 0 radical (unpaired) electrons. The zero-order valence-corrected chi connectivity index (χ0v) is 15.6. The molecule has 0 spiro atoms. The van der Waals surface area contributed by atoms with Crippen molar-refractivity contribution in [2.75, 3.05) is 20.2 Å². The molecule has 1 saturated heterocycles. The Balaban J connectivity index is 1.68. The average Bonchev–Trinajstić information content (AvgIpc) is 2.96. The fourth-order valence-corrected chi connectivity index (χ4v) is 4.28. The van der Waals surface area contributed by atoms with Crippen molar-refractivity contribution in [1.29, 1.82) is 0 Å². The van der Waals surface area contributed by atoms with Gasteiger partial charge in [-0.25, -0.2) is 0 Å². The largest absolute Gasteiger partial charge is 0.377 e. The molecule has 1 aliphatic heterocycles. The Morgan fingerprint density at radius 2 is 2.33 bits per heavy atom. The number of ether oxygens (including phenoxy) is 1. The molecular weight excluding hydrogens is 302 g/mol. The molecule has 6 nitrogen and oxygen atoms in total. The Hall–Kier alpha value is -1.56. The van der Waals surface area contributed by atoms with E-state index in [0.29, 0.717) is 18.1 Å². The molecule has 2 aliphatic rings. The minimum atomic E-state index is 0.148. The third kappa shape index (κ3) is 3.16. The standard InChI is InChI=1S/C18H31N5O/c1-6-19-17(22(4)11-13-10-20-23(5)12-13)21-15-14-8-7-9-24-16(14)18(15,2)3/h10,12,14-16H,6-9,11H2,1-5H3,(H,19,21). The first kappa shape index (κ1) is 17.3. The van der Waals surface area contributed by atoms with Gasteiger partial charge in [-0.15, -0.1) is 0 Å².